The highest BCUT2D eigenvalue weighted by Gasteiger charge is 2.13. The van der Waals surface area contributed by atoms with Crippen LogP contribution in [0.1, 0.15) is 18.2 Å². The van der Waals surface area contributed by atoms with Crippen molar-refractivity contribution < 1.29 is 18.7 Å². The molecular weight excluding hydrogens is 374 g/mol. The summed E-state index contributed by atoms with van der Waals surface area (Å²) < 4.78 is 10.5. The van der Waals surface area contributed by atoms with Crippen molar-refractivity contribution in [3.8, 4) is 0 Å². The summed E-state index contributed by atoms with van der Waals surface area (Å²) in [6.07, 6.45) is 0.0945. The van der Waals surface area contributed by atoms with Gasteiger partial charge in [0.05, 0.1) is 24.5 Å². The van der Waals surface area contributed by atoms with E-state index in [2.05, 4.69) is 15.3 Å². The van der Waals surface area contributed by atoms with Crippen molar-refractivity contribution in [3.63, 3.8) is 0 Å². The van der Waals surface area contributed by atoms with Gasteiger partial charge in [0.2, 0.25) is 5.91 Å². The number of benzene rings is 1. The van der Waals surface area contributed by atoms with E-state index in [-0.39, 0.29) is 24.1 Å². The lowest BCUT2D eigenvalue weighted by atomic mass is 10.2. The van der Waals surface area contributed by atoms with E-state index in [0.29, 0.717) is 28.2 Å². The number of esters is 1. The third-order valence-electron chi connectivity index (χ3n) is 3.28. The Balaban J connectivity index is 1.52. The fourth-order valence-electron chi connectivity index (χ4n) is 2.17. The molecule has 1 amide bonds. The smallest absolute Gasteiger partial charge is 0.311 e. The fraction of sp³-hybridized carbons (Fsp3) is 0.294. The van der Waals surface area contributed by atoms with Gasteiger partial charge in [0.15, 0.2) is 10.7 Å². The summed E-state index contributed by atoms with van der Waals surface area (Å²) in [4.78, 5) is 32.1. The van der Waals surface area contributed by atoms with Gasteiger partial charge in [0.25, 0.3) is 5.22 Å². The van der Waals surface area contributed by atoms with Crippen molar-refractivity contribution in [2.24, 2.45) is 0 Å². The zero-order valence-electron chi connectivity index (χ0n) is 14.3. The van der Waals surface area contributed by atoms with Crippen LogP contribution in [0, 0.1) is 6.92 Å². The van der Waals surface area contributed by atoms with Gasteiger partial charge in [-0.1, -0.05) is 17.8 Å². The first-order valence-corrected chi connectivity index (χ1v) is 9.80. The predicted molar refractivity (Wildman–Crippen MR) is 101 cm³/mol. The van der Waals surface area contributed by atoms with E-state index in [1.54, 1.807) is 12.3 Å². The van der Waals surface area contributed by atoms with E-state index in [1.807, 2.05) is 25.1 Å². The SMILES string of the molecule is CCOC(=O)Cc1csc(NC(=O)CSc2nc3cc(C)ccc3o2)n1. The minimum atomic E-state index is -0.336. The topological polar surface area (TPSA) is 94.3 Å². The molecule has 0 aliphatic rings. The van der Waals surface area contributed by atoms with E-state index in [4.69, 9.17) is 9.15 Å². The van der Waals surface area contributed by atoms with E-state index < -0.39 is 0 Å². The number of hydrogen-bond donors (Lipinski definition) is 1. The zero-order valence-corrected chi connectivity index (χ0v) is 15.9. The van der Waals surface area contributed by atoms with Gasteiger partial charge >= 0.3 is 5.97 Å². The Labute approximate surface area is 158 Å². The summed E-state index contributed by atoms with van der Waals surface area (Å²) in [5.74, 6) is -0.401. The molecule has 7 nitrogen and oxygen atoms in total. The molecule has 0 saturated carbocycles. The van der Waals surface area contributed by atoms with E-state index in [1.165, 1.54) is 23.1 Å². The van der Waals surface area contributed by atoms with Crippen LogP contribution in [0.4, 0.5) is 5.13 Å². The van der Waals surface area contributed by atoms with Crippen molar-refractivity contribution >= 4 is 51.2 Å². The average molecular weight is 391 g/mol. The number of nitrogens with zero attached hydrogens (tertiary/aromatic N) is 2. The maximum absolute atomic E-state index is 12.1. The van der Waals surface area contributed by atoms with Crippen LogP contribution in [0.3, 0.4) is 0 Å². The first kappa shape index (κ1) is 18.4. The lowest BCUT2D eigenvalue weighted by Crippen LogP contribution is -2.14. The van der Waals surface area contributed by atoms with Crippen LogP contribution in [-0.4, -0.2) is 34.2 Å². The Hall–Kier alpha value is -2.39. The zero-order chi connectivity index (χ0) is 18.5. The number of rotatable bonds is 7. The van der Waals surface area contributed by atoms with Gasteiger partial charge in [-0.25, -0.2) is 9.97 Å². The number of aryl methyl sites for hydroxylation is 1. The Morgan fingerprint density at radius 1 is 1.35 bits per heavy atom. The number of fused-ring (bicyclic) bond motifs is 1. The molecule has 136 valence electrons. The second-order valence-electron chi connectivity index (χ2n) is 5.41. The van der Waals surface area contributed by atoms with Crippen LogP contribution in [0.15, 0.2) is 33.2 Å². The minimum Gasteiger partial charge on any atom is -0.466 e. The molecule has 0 radical (unpaired) electrons. The quantitative estimate of drug-likeness (QED) is 0.487. The number of thiazole rings is 1. The molecule has 0 atom stereocenters. The highest BCUT2D eigenvalue weighted by molar-refractivity contribution is 7.99. The lowest BCUT2D eigenvalue weighted by Gasteiger charge is -2.00. The van der Waals surface area contributed by atoms with Gasteiger partial charge in [-0.05, 0) is 31.5 Å². The predicted octanol–water partition coefficient (Wildman–Crippen LogP) is 3.43. The molecule has 1 N–H and O–H groups in total. The summed E-state index contributed by atoms with van der Waals surface area (Å²) in [7, 11) is 0. The fourth-order valence-corrected chi connectivity index (χ4v) is 3.53. The molecule has 3 rings (SSSR count). The molecule has 0 aliphatic heterocycles. The molecule has 0 aliphatic carbocycles. The minimum absolute atomic E-state index is 0.0945. The summed E-state index contributed by atoms with van der Waals surface area (Å²) in [5, 5.41) is 5.33. The Morgan fingerprint density at radius 3 is 3.00 bits per heavy atom. The number of nitrogens with one attached hydrogen (secondary N) is 1. The van der Waals surface area contributed by atoms with Gasteiger partial charge in [-0.2, -0.15) is 0 Å². The standard InChI is InChI=1S/C17H17N3O4S2/c1-3-23-15(22)7-11-8-25-16(18-11)20-14(21)9-26-17-19-12-6-10(2)4-5-13(12)24-17/h4-6,8H,3,7,9H2,1-2H3,(H,18,20,21). The van der Waals surface area contributed by atoms with Crippen LogP contribution in [-0.2, 0) is 20.7 Å². The third kappa shape index (κ3) is 4.83. The van der Waals surface area contributed by atoms with Crippen LogP contribution >= 0.6 is 23.1 Å². The molecule has 0 unspecified atom stereocenters. The molecule has 26 heavy (non-hydrogen) atoms. The molecule has 0 bridgehead atoms. The summed E-state index contributed by atoms with van der Waals surface area (Å²) >= 11 is 2.48. The molecule has 0 fully saturated rings. The highest BCUT2D eigenvalue weighted by atomic mass is 32.2. The maximum atomic E-state index is 12.1. The van der Waals surface area contributed by atoms with Crippen molar-refractivity contribution in [2.75, 3.05) is 17.7 Å². The molecule has 9 heteroatoms. The number of oxazole rings is 1. The normalized spacial score (nSPS) is 10.8. The largest absolute Gasteiger partial charge is 0.466 e. The second-order valence-corrected chi connectivity index (χ2v) is 7.20. The monoisotopic (exact) mass is 391 g/mol. The van der Waals surface area contributed by atoms with Crippen LogP contribution in [0.5, 0.6) is 0 Å². The molecule has 1 aromatic carbocycles. The number of hydrogen-bond acceptors (Lipinski definition) is 8. The van der Waals surface area contributed by atoms with Crippen molar-refractivity contribution in [1.82, 2.24) is 9.97 Å². The molecular formula is C17H17N3O4S2. The average Bonchev–Trinajstić information content (AvgIpc) is 3.19. The first-order valence-electron chi connectivity index (χ1n) is 7.93. The van der Waals surface area contributed by atoms with Crippen molar-refractivity contribution in [3.05, 3.63) is 34.8 Å². The van der Waals surface area contributed by atoms with Gasteiger partial charge in [-0.15, -0.1) is 11.3 Å². The van der Waals surface area contributed by atoms with E-state index >= 15 is 0 Å². The Morgan fingerprint density at radius 2 is 2.19 bits per heavy atom. The van der Waals surface area contributed by atoms with Gasteiger partial charge < -0.3 is 14.5 Å². The number of aromatic nitrogens is 2. The van der Waals surface area contributed by atoms with Crippen LogP contribution < -0.4 is 5.32 Å². The van der Waals surface area contributed by atoms with Crippen molar-refractivity contribution in [2.45, 2.75) is 25.5 Å². The Bertz CT molecular complexity index is 935. The highest BCUT2D eigenvalue weighted by Crippen LogP contribution is 2.24. The number of carbonyl (C=O) groups is 2. The molecule has 0 spiro atoms. The van der Waals surface area contributed by atoms with Crippen LogP contribution in [0.2, 0.25) is 0 Å². The number of amides is 1. The summed E-state index contributed by atoms with van der Waals surface area (Å²) in [6.45, 7) is 4.07. The van der Waals surface area contributed by atoms with Gasteiger partial charge in [0.1, 0.15) is 5.52 Å². The number of ether oxygens (including phenoxy) is 1. The summed E-state index contributed by atoms with van der Waals surface area (Å²) in [6, 6.07) is 5.75. The molecule has 2 heterocycles. The van der Waals surface area contributed by atoms with E-state index in [0.717, 1.165) is 11.1 Å². The maximum Gasteiger partial charge on any atom is 0.311 e. The van der Waals surface area contributed by atoms with Gasteiger partial charge in [-0.3, -0.25) is 9.59 Å². The Kier molecular flexibility index (Phi) is 5.89. The number of carbonyl (C=O) groups excluding carboxylic acids is 2. The van der Waals surface area contributed by atoms with E-state index in [9.17, 15) is 9.59 Å². The number of anilines is 1. The third-order valence-corrected chi connectivity index (χ3v) is 4.91. The summed E-state index contributed by atoms with van der Waals surface area (Å²) in [5.41, 5.74) is 3.15. The van der Waals surface area contributed by atoms with Crippen molar-refractivity contribution in [1.29, 1.82) is 0 Å². The lowest BCUT2D eigenvalue weighted by molar-refractivity contribution is -0.142. The molecule has 3 aromatic rings. The number of thioether (sulfide) groups is 1. The first-order chi connectivity index (χ1) is 12.5. The molecule has 0 saturated heterocycles. The van der Waals surface area contributed by atoms with Crippen LogP contribution in [0.25, 0.3) is 11.1 Å². The second kappa shape index (κ2) is 8.33. The van der Waals surface area contributed by atoms with Gasteiger partial charge in [0, 0.05) is 5.38 Å². The molecule has 2 aromatic heterocycles.